The Morgan fingerprint density at radius 2 is 1.00 bits per heavy atom. The van der Waals surface area contributed by atoms with Gasteiger partial charge in [0.15, 0.2) is 18.1 Å². The third kappa shape index (κ3) is 6.68. The van der Waals surface area contributed by atoms with Crippen LogP contribution >= 0.6 is 0 Å². The second kappa shape index (κ2) is 7.78. The Bertz CT molecular complexity index is 141. The second-order valence-corrected chi connectivity index (χ2v) is 13.5. The van der Waals surface area contributed by atoms with Gasteiger partial charge in [0.2, 0.25) is 0 Å². The maximum Gasteiger partial charge on any atom is 0.311 e. The summed E-state index contributed by atoms with van der Waals surface area (Å²) in [6, 6.07) is 4.78. The molecule has 0 rings (SSSR count). The molecular weight excluding hydrogens is 236 g/mol. The van der Waals surface area contributed by atoms with Crippen LogP contribution in [0.1, 0.15) is 27.7 Å². The summed E-state index contributed by atoms with van der Waals surface area (Å²) >= 11 is 0. The number of hydrogen-bond acceptors (Lipinski definition) is 2. The van der Waals surface area contributed by atoms with Gasteiger partial charge in [0.25, 0.3) is 0 Å². The van der Waals surface area contributed by atoms with Crippen molar-refractivity contribution in [2.24, 2.45) is 0 Å². The average molecular weight is 263 g/mol. The third-order valence-corrected chi connectivity index (χ3v) is 11.8. The van der Waals surface area contributed by atoms with Gasteiger partial charge >= 0.3 is 8.56 Å². The molecule has 0 bridgehead atoms. The van der Waals surface area contributed by atoms with Crippen molar-refractivity contribution >= 4 is 26.6 Å². The van der Waals surface area contributed by atoms with E-state index >= 15 is 0 Å². The summed E-state index contributed by atoms with van der Waals surface area (Å²) in [5.74, 6) is 0. The largest absolute Gasteiger partial charge is 0.436 e. The van der Waals surface area contributed by atoms with E-state index in [1.54, 1.807) is 0 Å². The van der Waals surface area contributed by atoms with Crippen molar-refractivity contribution in [2.45, 2.75) is 65.0 Å². The van der Waals surface area contributed by atoms with E-state index in [4.69, 9.17) is 8.23 Å². The molecule has 0 aromatic rings. The van der Waals surface area contributed by atoms with E-state index in [-0.39, 0.29) is 0 Å². The average Bonchev–Trinajstić information content (AvgIpc) is 2.22. The van der Waals surface area contributed by atoms with Crippen molar-refractivity contribution in [1.82, 2.24) is 0 Å². The predicted octanol–water partition coefficient (Wildman–Crippen LogP) is 3.78. The van der Waals surface area contributed by atoms with E-state index in [1.165, 1.54) is 24.2 Å². The van der Waals surface area contributed by atoms with Gasteiger partial charge in [0, 0.05) is 0 Å². The van der Waals surface area contributed by atoms with Crippen LogP contribution in [0.15, 0.2) is 0 Å². The molecule has 0 aromatic carbocycles. The zero-order valence-electron chi connectivity index (χ0n) is 11.1. The Labute approximate surface area is 100 Å². The molecule has 0 N–H and O–H groups in total. The lowest BCUT2D eigenvalue weighted by Crippen LogP contribution is -2.44. The first-order chi connectivity index (χ1) is 6.99. The topological polar surface area (TPSA) is 18.5 Å². The van der Waals surface area contributed by atoms with Gasteiger partial charge < -0.3 is 8.23 Å². The van der Waals surface area contributed by atoms with Crippen molar-refractivity contribution in [2.75, 3.05) is 0 Å². The van der Waals surface area contributed by atoms with Gasteiger partial charge in [-0.2, -0.15) is 0 Å². The molecule has 15 heavy (non-hydrogen) atoms. The highest BCUT2D eigenvalue weighted by molar-refractivity contribution is 6.79. The SMILES string of the molecule is CC[Si](CC)O[Si](C)(C)O[Si](CC)CC. The lowest BCUT2D eigenvalue weighted by Gasteiger charge is -2.30. The van der Waals surface area contributed by atoms with Crippen molar-refractivity contribution in [1.29, 1.82) is 0 Å². The Kier molecular flexibility index (Phi) is 8.08. The summed E-state index contributed by atoms with van der Waals surface area (Å²) in [6.45, 7) is 13.3. The molecule has 0 fully saturated rings. The Morgan fingerprint density at radius 3 is 1.20 bits per heavy atom. The molecule has 0 spiro atoms. The first kappa shape index (κ1) is 15.6. The molecule has 2 nitrogen and oxygen atoms in total. The molecule has 0 heterocycles. The van der Waals surface area contributed by atoms with Crippen molar-refractivity contribution in [3.05, 3.63) is 0 Å². The minimum absolute atomic E-state index is 0.588. The highest BCUT2D eigenvalue weighted by Crippen LogP contribution is 2.16. The Morgan fingerprint density at radius 1 is 0.733 bits per heavy atom. The van der Waals surface area contributed by atoms with E-state index in [9.17, 15) is 0 Å². The first-order valence-electron chi connectivity index (χ1n) is 6.06. The van der Waals surface area contributed by atoms with Crippen LogP contribution in [-0.4, -0.2) is 26.6 Å². The van der Waals surface area contributed by atoms with Crippen LogP contribution in [0.2, 0.25) is 37.3 Å². The second-order valence-electron chi connectivity index (χ2n) is 4.10. The fourth-order valence-electron chi connectivity index (χ4n) is 1.50. The molecule has 2 radical (unpaired) electrons. The van der Waals surface area contributed by atoms with Crippen LogP contribution in [0.25, 0.3) is 0 Å². The lowest BCUT2D eigenvalue weighted by atomic mass is 11.0. The smallest absolute Gasteiger partial charge is 0.311 e. The minimum atomic E-state index is -1.82. The molecule has 5 heteroatoms. The Hall–Kier alpha value is 0.571. The van der Waals surface area contributed by atoms with Crippen LogP contribution in [0.5, 0.6) is 0 Å². The molecule has 0 aromatic heterocycles. The quantitative estimate of drug-likeness (QED) is 0.620. The summed E-state index contributed by atoms with van der Waals surface area (Å²) in [4.78, 5) is 0. The molecule has 0 aliphatic rings. The van der Waals surface area contributed by atoms with Gasteiger partial charge in [-0.15, -0.1) is 0 Å². The van der Waals surface area contributed by atoms with Gasteiger partial charge in [-0.25, -0.2) is 0 Å². The lowest BCUT2D eigenvalue weighted by molar-refractivity contribution is 0.405. The molecule has 90 valence electrons. The fraction of sp³-hybridized carbons (Fsp3) is 1.00. The highest BCUT2D eigenvalue weighted by atomic mass is 28.5. The number of rotatable bonds is 8. The van der Waals surface area contributed by atoms with Crippen LogP contribution in [-0.2, 0) is 8.23 Å². The molecule has 0 saturated heterocycles. The van der Waals surface area contributed by atoms with Crippen LogP contribution in [0.3, 0.4) is 0 Å². The molecule has 0 amide bonds. The minimum Gasteiger partial charge on any atom is -0.436 e. The summed E-state index contributed by atoms with van der Waals surface area (Å²) in [5.41, 5.74) is 0. The Balaban J connectivity index is 4.14. The van der Waals surface area contributed by atoms with E-state index in [1.807, 2.05) is 0 Å². The molecule has 0 saturated carbocycles. The molecule has 0 unspecified atom stereocenters. The summed E-state index contributed by atoms with van der Waals surface area (Å²) in [6.07, 6.45) is 0. The standard InChI is InChI=1S/C10H26O2Si3/c1-7-13(8-2)11-15(5,6)12-14(9-3)10-4/h7-10H2,1-6H3. The number of hydrogen-bond donors (Lipinski definition) is 0. The van der Waals surface area contributed by atoms with Crippen LogP contribution in [0, 0.1) is 0 Å². The van der Waals surface area contributed by atoms with Gasteiger partial charge in [-0.05, 0) is 37.3 Å². The summed E-state index contributed by atoms with van der Waals surface area (Å²) in [5, 5.41) is 0. The molecule has 0 aliphatic carbocycles. The van der Waals surface area contributed by atoms with Crippen LogP contribution in [0.4, 0.5) is 0 Å². The fourth-order valence-corrected chi connectivity index (χ4v) is 10.9. The van der Waals surface area contributed by atoms with Crippen molar-refractivity contribution in [3.8, 4) is 0 Å². The van der Waals surface area contributed by atoms with E-state index in [0.29, 0.717) is 0 Å². The molecule has 0 aliphatic heterocycles. The van der Waals surface area contributed by atoms with Crippen molar-refractivity contribution in [3.63, 3.8) is 0 Å². The maximum absolute atomic E-state index is 6.21. The maximum atomic E-state index is 6.21. The zero-order chi connectivity index (χ0) is 11.9. The van der Waals surface area contributed by atoms with Gasteiger partial charge in [-0.3, -0.25) is 0 Å². The molecule has 0 atom stereocenters. The van der Waals surface area contributed by atoms with Crippen LogP contribution < -0.4 is 0 Å². The van der Waals surface area contributed by atoms with Crippen molar-refractivity contribution < 1.29 is 8.23 Å². The monoisotopic (exact) mass is 262 g/mol. The predicted molar refractivity (Wildman–Crippen MR) is 73.1 cm³/mol. The highest BCUT2D eigenvalue weighted by Gasteiger charge is 2.30. The van der Waals surface area contributed by atoms with E-state index < -0.39 is 26.6 Å². The normalized spacial score (nSPS) is 12.8. The third-order valence-electron chi connectivity index (χ3n) is 2.36. The van der Waals surface area contributed by atoms with Gasteiger partial charge in [-0.1, -0.05) is 27.7 Å². The molecular formula is C10H26O2Si3. The summed E-state index contributed by atoms with van der Waals surface area (Å²) < 4.78 is 12.4. The van der Waals surface area contributed by atoms with E-state index in [2.05, 4.69) is 40.8 Å². The van der Waals surface area contributed by atoms with E-state index in [0.717, 1.165) is 0 Å². The zero-order valence-corrected chi connectivity index (χ0v) is 14.1. The van der Waals surface area contributed by atoms with Gasteiger partial charge in [0.05, 0.1) is 0 Å². The first-order valence-corrected chi connectivity index (χ1v) is 12.5. The summed E-state index contributed by atoms with van der Waals surface area (Å²) in [7, 11) is -3.00. The van der Waals surface area contributed by atoms with Gasteiger partial charge in [0.1, 0.15) is 0 Å².